The molecule has 0 unspecified atom stereocenters. The second-order valence-corrected chi connectivity index (χ2v) is 4.21. The second-order valence-electron chi connectivity index (χ2n) is 4.21. The molecule has 1 aromatic heterocycles. The Labute approximate surface area is 113 Å². The summed E-state index contributed by atoms with van der Waals surface area (Å²) in [6.45, 7) is 3.92. The van der Waals surface area contributed by atoms with Crippen LogP contribution in [0.25, 0.3) is 0 Å². The van der Waals surface area contributed by atoms with Gasteiger partial charge in [0.1, 0.15) is 23.9 Å². The molecular formula is C15H19NO3. The Bertz CT molecular complexity index is 493. The lowest BCUT2D eigenvalue weighted by atomic mass is 10.2. The molecule has 0 saturated heterocycles. The average Bonchev–Trinajstić information content (AvgIpc) is 2.80. The maximum atomic E-state index is 5.55. The number of furan rings is 1. The zero-order valence-electron chi connectivity index (χ0n) is 11.1. The standard InChI is InChI=1S/C15H19NO3/c1-12-13(9-15(10-16)19-12)11-17-7-8-18-14-5-3-2-4-6-14/h2-6,9H,7-8,10-11,16H2,1H3. The topological polar surface area (TPSA) is 57.6 Å². The Hall–Kier alpha value is -1.78. The van der Waals surface area contributed by atoms with Crippen molar-refractivity contribution in [1.29, 1.82) is 0 Å². The van der Waals surface area contributed by atoms with E-state index < -0.39 is 0 Å². The first-order chi connectivity index (χ1) is 9.29. The molecule has 0 fully saturated rings. The summed E-state index contributed by atoms with van der Waals surface area (Å²) in [5, 5.41) is 0. The minimum Gasteiger partial charge on any atom is -0.491 e. The highest BCUT2D eigenvalue weighted by Crippen LogP contribution is 2.15. The third-order valence-corrected chi connectivity index (χ3v) is 2.77. The minimum atomic E-state index is 0.415. The van der Waals surface area contributed by atoms with Crippen molar-refractivity contribution in [3.63, 3.8) is 0 Å². The molecule has 102 valence electrons. The lowest BCUT2D eigenvalue weighted by Gasteiger charge is -2.06. The number of hydrogen-bond acceptors (Lipinski definition) is 4. The molecule has 4 heteroatoms. The summed E-state index contributed by atoms with van der Waals surface area (Å²) in [6, 6.07) is 11.6. The Balaban J connectivity index is 1.68. The molecule has 19 heavy (non-hydrogen) atoms. The van der Waals surface area contributed by atoms with Crippen molar-refractivity contribution in [2.45, 2.75) is 20.1 Å². The van der Waals surface area contributed by atoms with Crippen LogP contribution >= 0.6 is 0 Å². The lowest BCUT2D eigenvalue weighted by Crippen LogP contribution is -2.06. The fourth-order valence-corrected chi connectivity index (χ4v) is 1.75. The Morgan fingerprint density at radius 1 is 1.16 bits per heavy atom. The van der Waals surface area contributed by atoms with Crippen molar-refractivity contribution in [3.05, 3.63) is 53.5 Å². The minimum absolute atomic E-state index is 0.415. The van der Waals surface area contributed by atoms with Crippen LogP contribution in [0.4, 0.5) is 0 Å². The van der Waals surface area contributed by atoms with Crippen LogP contribution in [0.2, 0.25) is 0 Å². The first-order valence-corrected chi connectivity index (χ1v) is 6.33. The third-order valence-electron chi connectivity index (χ3n) is 2.77. The Morgan fingerprint density at radius 3 is 2.63 bits per heavy atom. The fraction of sp³-hybridized carbons (Fsp3) is 0.333. The van der Waals surface area contributed by atoms with Gasteiger partial charge in [0.25, 0.3) is 0 Å². The molecule has 2 N–H and O–H groups in total. The van der Waals surface area contributed by atoms with Crippen molar-refractivity contribution in [2.75, 3.05) is 13.2 Å². The summed E-state index contributed by atoms with van der Waals surface area (Å²) in [6.07, 6.45) is 0. The molecule has 2 rings (SSSR count). The van der Waals surface area contributed by atoms with Gasteiger partial charge < -0.3 is 19.6 Å². The van der Waals surface area contributed by atoms with Crippen molar-refractivity contribution in [2.24, 2.45) is 5.73 Å². The molecule has 4 nitrogen and oxygen atoms in total. The van der Waals surface area contributed by atoms with Gasteiger partial charge in [-0.1, -0.05) is 18.2 Å². The molecule has 1 aromatic carbocycles. The van der Waals surface area contributed by atoms with Gasteiger partial charge in [-0.25, -0.2) is 0 Å². The van der Waals surface area contributed by atoms with Gasteiger partial charge >= 0.3 is 0 Å². The summed E-state index contributed by atoms with van der Waals surface area (Å²) in [7, 11) is 0. The van der Waals surface area contributed by atoms with Crippen molar-refractivity contribution in [3.8, 4) is 5.75 Å². The normalized spacial score (nSPS) is 10.6. The predicted octanol–water partition coefficient (Wildman–Crippen LogP) is 2.64. The van der Waals surface area contributed by atoms with Gasteiger partial charge in [-0.3, -0.25) is 0 Å². The van der Waals surface area contributed by atoms with Crippen LogP contribution in [0, 0.1) is 6.92 Å². The molecule has 0 saturated carbocycles. The highest BCUT2D eigenvalue weighted by Gasteiger charge is 2.06. The highest BCUT2D eigenvalue weighted by atomic mass is 16.5. The molecular weight excluding hydrogens is 242 g/mol. The van der Waals surface area contributed by atoms with Crippen LogP contribution in [-0.2, 0) is 17.9 Å². The largest absolute Gasteiger partial charge is 0.491 e. The molecule has 0 aliphatic heterocycles. The molecule has 0 aliphatic carbocycles. The number of ether oxygens (including phenoxy) is 2. The van der Waals surface area contributed by atoms with Gasteiger partial charge in [0.05, 0.1) is 19.8 Å². The Kier molecular flexibility index (Phi) is 5.01. The van der Waals surface area contributed by atoms with Gasteiger partial charge in [0.2, 0.25) is 0 Å². The fourth-order valence-electron chi connectivity index (χ4n) is 1.75. The van der Waals surface area contributed by atoms with Crippen LogP contribution in [-0.4, -0.2) is 13.2 Å². The molecule has 0 radical (unpaired) electrons. The maximum absolute atomic E-state index is 5.55. The summed E-state index contributed by atoms with van der Waals surface area (Å²) >= 11 is 0. The van der Waals surface area contributed by atoms with Crippen LogP contribution in [0.1, 0.15) is 17.1 Å². The van der Waals surface area contributed by atoms with Gasteiger partial charge in [-0.2, -0.15) is 0 Å². The number of aryl methyl sites for hydroxylation is 1. The molecule has 0 atom stereocenters. The molecule has 0 aliphatic rings. The number of nitrogens with two attached hydrogens (primary N) is 1. The number of hydrogen-bond donors (Lipinski definition) is 1. The van der Waals surface area contributed by atoms with Gasteiger partial charge in [-0.15, -0.1) is 0 Å². The zero-order valence-corrected chi connectivity index (χ0v) is 11.1. The van der Waals surface area contributed by atoms with Crippen molar-refractivity contribution < 1.29 is 13.9 Å². The zero-order chi connectivity index (χ0) is 13.5. The smallest absolute Gasteiger partial charge is 0.119 e. The van der Waals surface area contributed by atoms with E-state index in [4.69, 9.17) is 19.6 Å². The quantitative estimate of drug-likeness (QED) is 0.778. The first kappa shape index (κ1) is 13.6. The summed E-state index contributed by atoms with van der Waals surface area (Å²) in [5.41, 5.74) is 6.56. The molecule has 2 aromatic rings. The summed E-state index contributed by atoms with van der Waals surface area (Å²) in [5.74, 6) is 2.51. The molecule has 0 amide bonds. The first-order valence-electron chi connectivity index (χ1n) is 6.33. The van der Waals surface area contributed by atoms with E-state index in [-0.39, 0.29) is 0 Å². The van der Waals surface area contributed by atoms with Gasteiger partial charge in [0.15, 0.2) is 0 Å². The second kappa shape index (κ2) is 6.97. The Morgan fingerprint density at radius 2 is 1.95 bits per heavy atom. The summed E-state index contributed by atoms with van der Waals surface area (Å²) in [4.78, 5) is 0. The number of para-hydroxylation sites is 1. The van der Waals surface area contributed by atoms with E-state index in [1.807, 2.05) is 43.3 Å². The lowest BCUT2D eigenvalue weighted by molar-refractivity contribution is 0.0882. The molecule has 1 heterocycles. The van der Waals surface area contributed by atoms with E-state index in [0.29, 0.717) is 26.4 Å². The van der Waals surface area contributed by atoms with Crippen LogP contribution in [0.3, 0.4) is 0 Å². The summed E-state index contributed by atoms with van der Waals surface area (Å²) < 4.78 is 16.5. The molecule has 0 spiro atoms. The van der Waals surface area contributed by atoms with Crippen LogP contribution in [0.5, 0.6) is 5.75 Å². The van der Waals surface area contributed by atoms with Crippen molar-refractivity contribution >= 4 is 0 Å². The third kappa shape index (κ3) is 4.12. The van der Waals surface area contributed by atoms with E-state index in [1.54, 1.807) is 0 Å². The van der Waals surface area contributed by atoms with E-state index in [2.05, 4.69) is 0 Å². The average molecular weight is 261 g/mol. The van der Waals surface area contributed by atoms with E-state index in [1.165, 1.54) is 0 Å². The predicted molar refractivity (Wildman–Crippen MR) is 72.9 cm³/mol. The van der Waals surface area contributed by atoms with Crippen LogP contribution < -0.4 is 10.5 Å². The van der Waals surface area contributed by atoms with E-state index in [9.17, 15) is 0 Å². The van der Waals surface area contributed by atoms with Gasteiger partial charge in [-0.05, 0) is 25.1 Å². The SMILES string of the molecule is Cc1oc(CN)cc1COCCOc1ccccc1. The van der Waals surface area contributed by atoms with Crippen LogP contribution in [0.15, 0.2) is 40.8 Å². The number of benzene rings is 1. The van der Waals surface area contributed by atoms with Crippen molar-refractivity contribution in [1.82, 2.24) is 0 Å². The highest BCUT2D eigenvalue weighted by molar-refractivity contribution is 5.21. The number of rotatable bonds is 7. The molecule has 0 bridgehead atoms. The van der Waals surface area contributed by atoms with E-state index in [0.717, 1.165) is 22.8 Å². The van der Waals surface area contributed by atoms with Gasteiger partial charge in [0, 0.05) is 5.56 Å². The maximum Gasteiger partial charge on any atom is 0.119 e. The van der Waals surface area contributed by atoms with E-state index >= 15 is 0 Å². The monoisotopic (exact) mass is 261 g/mol.